The Morgan fingerprint density at radius 2 is 1.93 bits per heavy atom. The van der Waals surface area contributed by atoms with Gasteiger partial charge in [0, 0.05) is 24.0 Å². The summed E-state index contributed by atoms with van der Waals surface area (Å²) in [5, 5.41) is 32.0. The van der Waals surface area contributed by atoms with Crippen molar-refractivity contribution in [2.45, 2.75) is 71.1 Å². The number of phenols is 2. The van der Waals surface area contributed by atoms with Gasteiger partial charge < -0.3 is 20.1 Å². The van der Waals surface area contributed by atoms with Gasteiger partial charge in [0.2, 0.25) is 0 Å². The van der Waals surface area contributed by atoms with Crippen molar-refractivity contribution in [3.63, 3.8) is 0 Å². The first-order valence-electron chi connectivity index (χ1n) is 9.97. The van der Waals surface area contributed by atoms with Gasteiger partial charge in [-0.05, 0) is 42.6 Å². The monoisotopic (exact) mass is 390 g/mol. The van der Waals surface area contributed by atoms with E-state index in [0.717, 1.165) is 24.8 Å². The van der Waals surface area contributed by atoms with Crippen LogP contribution in [0, 0.1) is 11.3 Å². The van der Waals surface area contributed by atoms with Crippen LogP contribution >= 0.6 is 0 Å². The van der Waals surface area contributed by atoms with E-state index in [1.165, 1.54) is 6.92 Å². The number of aliphatic carboxylic acids is 1. The van der Waals surface area contributed by atoms with Gasteiger partial charge >= 0.3 is 11.9 Å². The van der Waals surface area contributed by atoms with Crippen LogP contribution in [0.3, 0.4) is 0 Å². The standard InChI is InChI=1S/C22H30O6/c1-12(11-28-13(2)23)15-10-14-6-7-16-21(3,4)8-5-9-22(16,20(26)27)17(14)19(25)18(15)24/h10,12,16,24-25H,5-9,11H2,1-4H3,(H,26,27)/t12-,16+,22-/m1/s1. The molecule has 3 N–H and O–H groups in total. The number of ether oxygens (including phenoxy) is 1. The number of carbonyl (C=O) groups is 2. The summed E-state index contributed by atoms with van der Waals surface area (Å²) in [6, 6.07) is 1.79. The molecule has 2 aliphatic carbocycles. The highest BCUT2D eigenvalue weighted by Crippen LogP contribution is 2.60. The fraction of sp³-hybridized carbons (Fsp3) is 0.636. The second-order valence-electron chi connectivity index (χ2n) is 9.11. The molecule has 1 aromatic rings. The molecule has 0 radical (unpaired) electrons. The molecule has 0 unspecified atom stereocenters. The van der Waals surface area contributed by atoms with Gasteiger partial charge in [-0.1, -0.05) is 33.3 Å². The van der Waals surface area contributed by atoms with Crippen molar-refractivity contribution in [3.05, 3.63) is 22.8 Å². The van der Waals surface area contributed by atoms with Crippen LogP contribution in [-0.4, -0.2) is 33.9 Å². The molecule has 0 spiro atoms. The average molecular weight is 390 g/mol. The van der Waals surface area contributed by atoms with Gasteiger partial charge in [-0.25, -0.2) is 0 Å². The number of hydrogen-bond donors (Lipinski definition) is 3. The quantitative estimate of drug-likeness (QED) is 0.533. The molecule has 3 atom stereocenters. The fourth-order valence-electron chi connectivity index (χ4n) is 5.58. The lowest BCUT2D eigenvalue weighted by atomic mass is 9.49. The van der Waals surface area contributed by atoms with Crippen LogP contribution in [0.15, 0.2) is 6.07 Å². The molecule has 6 nitrogen and oxygen atoms in total. The molecule has 0 saturated heterocycles. The molecule has 154 valence electrons. The van der Waals surface area contributed by atoms with Crippen LogP contribution < -0.4 is 0 Å². The van der Waals surface area contributed by atoms with Crippen molar-refractivity contribution in [2.24, 2.45) is 11.3 Å². The summed E-state index contributed by atoms with van der Waals surface area (Å²) in [7, 11) is 0. The van der Waals surface area contributed by atoms with Gasteiger partial charge in [0.05, 0.1) is 12.0 Å². The lowest BCUT2D eigenvalue weighted by molar-refractivity contribution is -0.153. The Kier molecular flexibility index (Phi) is 5.11. The van der Waals surface area contributed by atoms with E-state index in [9.17, 15) is 24.9 Å². The average Bonchev–Trinajstić information content (AvgIpc) is 2.61. The Hall–Kier alpha value is -2.24. The van der Waals surface area contributed by atoms with Gasteiger partial charge in [-0.2, -0.15) is 0 Å². The van der Waals surface area contributed by atoms with Gasteiger partial charge in [-0.3, -0.25) is 9.59 Å². The molecule has 1 fully saturated rings. The molecule has 1 saturated carbocycles. The molecule has 0 amide bonds. The van der Waals surface area contributed by atoms with Crippen molar-refractivity contribution in [1.82, 2.24) is 0 Å². The minimum atomic E-state index is -1.19. The van der Waals surface area contributed by atoms with E-state index >= 15 is 0 Å². The first-order chi connectivity index (χ1) is 13.0. The molecule has 0 bridgehead atoms. The van der Waals surface area contributed by atoms with Crippen molar-refractivity contribution in [1.29, 1.82) is 0 Å². The van der Waals surface area contributed by atoms with Crippen molar-refractivity contribution < 1.29 is 29.6 Å². The van der Waals surface area contributed by atoms with E-state index in [1.54, 1.807) is 13.0 Å². The maximum Gasteiger partial charge on any atom is 0.314 e. The van der Waals surface area contributed by atoms with E-state index < -0.39 is 17.4 Å². The Balaban J connectivity index is 2.14. The van der Waals surface area contributed by atoms with Crippen molar-refractivity contribution >= 4 is 11.9 Å². The Labute approximate surface area is 165 Å². The zero-order chi connectivity index (χ0) is 20.9. The predicted molar refractivity (Wildman–Crippen MR) is 104 cm³/mol. The summed E-state index contributed by atoms with van der Waals surface area (Å²) in [6.07, 6.45) is 3.55. The summed E-state index contributed by atoms with van der Waals surface area (Å²) in [5.74, 6) is -2.39. The molecule has 28 heavy (non-hydrogen) atoms. The normalized spacial score (nSPS) is 26.6. The molecule has 0 aliphatic heterocycles. The van der Waals surface area contributed by atoms with Gasteiger partial charge in [-0.15, -0.1) is 0 Å². The minimum absolute atomic E-state index is 0.0842. The molecule has 0 heterocycles. The smallest absolute Gasteiger partial charge is 0.314 e. The topological polar surface area (TPSA) is 104 Å². The first-order valence-corrected chi connectivity index (χ1v) is 9.97. The summed E-state index contributed by atoms with van der Waals surface area (Å²) in [5.41, 5.74) is 0.291. The summed E-state index contributed by atoms with van der Waals surface area (Å²) in [4.78, 5) is 23.7. The number of carboxylic acids is 1. The molecular formula is C22H30O6. The molecular weight excluding hydrogens is 360 g/mol. The second-order valence-corrected chi connectivity index (χ2v) is 9.11. The van der Waals surface area contributed by atoms with E-state index in [1.807, 2.05) is 0 Å². The van der Waals surface area contributed by atoms with Gasteiger partial charge in [0.1, 0.15) is 0 Å². The molecule has 1 aromatic carbocycles. The van der Waals surface area contributed by atoms with Crippen LogP contribution in [-0.2, 0) is 26.2 Å². The number of rotatable bonds is 4. The fourth-order valence-corrected chi connectivity index (χ4v) is 5.58. The lowest BCUT2D eigenvalue weighted by Gasteiger charge is -2.53. The number of esters is 1. The third kappa shape index (κ3) is 3.03. The number of hydrogen-bond acceptors (Lipinski definition) is 5. The summed E-state index contributed by atoms with van der Waals surface area (Å²) >= 11 is 0. The van der Waals surface area contributed by atoms with Crippen LogP contribution in [0.5, 0.6) is 11.5 Å². The maximum absolute atomic E-state index is 12.6. The van der Waals surface area contributed by atoms with Crippen molar-refractivity contribution in [3.8, 4) is 11.5 Å². The number of fused-ring (bicyclic) bond motifs is 3. The number of benzene rings is 1. The second kappa shape index (κ2) is 6.98. The number of carboxylic acid groups (broad SMARTS) is 1. The predicted octanol–water partition coefficient (Wildman–Crippen LogP) is 3.86. The van der Waals surface area contributed by atoms with Gasteiger partial charge in [0.25, 0.3) is 0 Å². The summed E-state index contributed by atoms with van der Waals surface area (Å²) < 4.78 is 5.04. The highest BCUT2D eigenvalue weighted by atomic mass is 16.5. The van der Waals surface area contributed by atoms with Crippen LogP contribution in [0.2, 0.25) is 0 Å². The summed E-state index contributed by atoms with van der Waals surface area (Å²) in [6.45, 7) is 7.41. The van der Waals surface area contributed by atoms with Gasteiger partial charge in [0.15, 0.2) is 11.5 Å². The Bertz CT molecular complexity index is 812. The molecule has 6 heteroatoms. The zero-order valence-corrected chi connectivity index (χ0v) is 17.0. The van der Waals surface area contributed by atoms with Crippen LogP contribution in [0.1, 0.15) is 76.0 Å². The highest BCUT2D eigenvalue weighted by Gasteiger charge is 2.58. The van der Waals surface area contributed by atoms with E-state index in [0.29, 0.717) is 24.0 Å². The Morgan fingerprint density at radius 1 is 1.25 bits per heavy atom. The first kappa shape index (κ1) is 20.5. The zero-order valence-electron chi connectivity index (χ0n) is 17.0. The SMILES string of the molecule is CC(=O)OC[C@@H](C)c1cc2c(c(O)c1O)[C@@]1(C(=O)O)CCCC(C)(C)[C@@H]1CC2. The highest BCUT2D eigenvalue weighted by molar-refractivity contribution is 5.85. The third-order valence-corrected chi connectivity index (χ3v) is 6.91. The van der Waals surface area contributed by atoms with Crippen LogP contribution in [0.4, 0.5) is 0 Å². The largest absolute Gasteiger partial charge is 0.504 e. The number of aryl methyl sites for hydroxylation is 1. The molecule has 2 aliphatic rings. The lowest BCUT2D eigenvalue weighted by Crippen LogP contribution is -2.54. The van der Waals surface area contributed by atoms with E-state index in [-0.39, 0.29) is 35.4 Å². The number of carbonyl (C=O) groups excluding carboxylic acids is 1. The third-order valence-electron chi connectivity index (χ3n) is 6.91. The Morgan fingerprint density at radius 3 is 2.54 bits per heavy atom. The maximum atomic E-state index is 12.6. The molecule has 3 rings (SSSR count). The van der Waals surface area contributed by atoms with Crippen molar-refractivity contribution in [2.75, 3.05) is 6.61 Å². The van der Waals surface area contributed by atoms with Crippen LogP contribution in [0.25, 0.3) is 0 Å². The molecule has 0 aromatic heterocycles. The van der Waals surface area contributed by atoms with E-state index in [4.69, 9.17) is 4.74 Å². The van der Waals surface area contributed by atoms with E-state index in [2.05, 4.69) is 13.8 Å². The number of phenolic OH excluding ortho intramolecular Hbond substituents is 2. The minimum Gasteiger partial charge on any atom is -0.504 e. The number of aromatic hydroxyl groups is 2.